The summed E-state index contributed by atoms with van der Waals surface area (Å²) < 4.78 is 38.2. The fourth-order valence-electron chi connectivity index (χ4n) is 2.49. The molecule has 0 radical (unpaired) electrons. The first-order valence-electron chi connectivity index (χ1n) is 8.30. The monoisotopic (exact) mass is 390 g/mol. The number of aromatic nitrogens is 1. The van der Waals surface area contributed by atoms with Crippen LogP contribution in [0.25, 0.3) is 10.6 Å². The predicted octanol–water partition coefficient (Wildman–Crippen LogP) is 5.11. The van der Waals surface area contributed by atoms with Crippen molar-refractivity contribution >= 4 is 17.2 Å². The molecule has 27 heavy (non-hydrogen) atoms. The maximum absolute atomic E-state index is 12.7. The van der Waals surface area contributed by atoms with Crippen LogP contribution in [0.1, 0.15) is 27.2 Å². The Morgan fingerprint density at radius 1 is 1.15 bits per heavy atom. The number of hydrogen-bond donors (Lipinski definition) is 1. The number of benzene rings is 2. The number of halogens is 3. The van der Waals surface area contributed by atoms with Gasteiger partial charge in [0.1, 0.15) is 5.01 Å². The van der Waals surface area contributed by atoms with Crippen LogP contribution in [-0.2, 0) is 12.6 Å². The van der Waals surface area contributed by atoms with Gasteiger partial charge in [-0.3, -0.25) is 4.79 Å². The van der Waals surface area contributed by atoms with Gasteiger partial charge in [0.25, 0.3) is 5.91 Å². The van der Waals surface area contributed by atoms with Crippen LogP contribution in [0.15, 0.2) is 53.9 Å². The highest BCUT2D eigenvalue weighted by Gasteiger charge is 2.30. The number of thiazole rings is 1. The first-order chi connectivity index (χ1) is 12.8. The average Bonchev–Trinajstić information content (AvgIpc) is 3.10. The van der Waals surface area contributed by atoms with Crippen molar-refractivity contribution < 1.29 is 18.0 Å². The lowest BCUT2D eigenvalue weighted by Gasteiger charge is -2.09. The van der Waals surface area contributed by atoms with Crippen molar-refractivity contribution in [1.82, 2.24) is 10.3 Å². The zero-order chi connectivity index (χ0) is 19.4. The van der Waals surface area contributed by atoms with Crippen molar-refractivity contribution in [2.45, 2.75) is 19.5 Å². The van der Waals surface area contributed by atoms with Gasteiger partial charge in [-0.05, 0) is 25.1 Å². The quantitative estimate of drug-likeness (QED) is 0.658. The third-order valence-electron chi connectivity index (χ3n) is 3.97. The Bertz CT molecular complexity index is 933. The van der Waals surface area contributed by atoms with Crippen LogP contribution in [-0.4, -0.2) is 17.4 Å². The molecule has 3 rings (SSSR count). The van der Waals surface area contributed by atoms with Gasteiger partial charge in [0.2, 0.25) is 0 Å². The number of aryl methyl sites for hydroxylation is 1. The maximum atomic E-state index is 12.7. The highest BCUT2D eigenvalue weighted by atomic mass is 32.1. The summed E-state index contributed by atoms with van der Waals surface area (Å²) in [7, 11) is 0. The summed E-state index contributed by atoms with van der Waals surface area (Å²) in [6.07, 6.45) is -3.96. The molecule has 3 nitrogen and oxygen atoms in total. The Morgan fingerprint density at radius 3 is 2.59 bits per heavy atom. The second-order valence-electron chi connectivity index (χ2n) is 6.09. The highest BCUT2D eigenvalue weighted by Crippen LogP contribution is 2.29. The molecule has 0 saturated heterocycles. The lowest BCUT2D eigenvalue weighted by Crippen LogP contribution is -2.26. The van der Waals surface area contributed by atoms with Crippen molar-refractivity contribution in [3.63, 3.8) is 0 Å². The molecule has 0 saturated carbocycles. The Balaban J connectivity index is 1.57. The largest absolute Gasteiger partial charge is 0.416 e. The van der Waals surface area contributed by atoms with Gasteiger partial charge in [-0.25, -0.2) is 4.98 Å². The summed E-state index contributed by atoms with van der Waals surface area (Å²) in [6.45, 7) is 2.32. The molecule has 140 valence electrons. The number of amides is 1. The van der Waals surface area contributed by atoms with E-state index in [1.807, 2.05) is 36.6 Å². The van der Waals surface area contributed by atoms with Crippen LogP contribution in [0.5, 0.6) is 0 Å². The zero-order valence-electron chi connectivity index (χ0n) is 14.5. The van der Waals surface area contributed by atoms with Crippen molar-refractivity contribution in [3.8, 4) is 10.6 Å². The second kappa shape index (κ2) is 7.92. The van der Waals surface area contributed by atoms with Crippen LogP contribution >= 0.6 is 11.3 Å². The Hall–Kier alpha value is -2.67. The lowest BCUT2D eigenvalue weighted by atomic mass is 10.1. The third-order valence-corrected chi connectivity index (χ3v) is 4.91. The van der Waals surface area contributed by atoms with E-state index in [2.05, 4.69) is 10.3 Å². The summed E-state index contributed by atoms with van der Waals surface area (Å²) in [5, 5.41) is 5.46. The van der Waals surface area contributed by atoms with Gasteiger partial charge in [-0.15, -0.1) is 11.3 Å². The first-order valence-corrected chi connectivity index (χ1v) is 9.18. The molecule has 1 aromatic heterocycles. The van der Waals surface area contributed by atoms with Gasteiger partial charge in [0.15, 0.2) is 0 Å². The number of hydrogen-bond acceptors (Lipinski definition) is 3. The highest BCUT2D eigenvalue weighted by molar-refractivity contribution is 7.13. The van der Waals surface area contributed by atoms with E-state index in [-0.39, 0.29) is 5.56 Å². The molecular formula is C20H17F3N2OS. The van der Waals surface area contributed by atoms with E-state index in [4.69, 9.17) is 0 Å². The molecule has 0 unspecified atom stereocenters. The van der Waals surface area contributed by atoms with Crippen LogP contribution in [0.3, 0.4) is 0 Å². The minimum atomic E-state index is -4.47. The van der Waals surface area contributed by atoms with Gasteiger partial charge in [0, 0.05) is 29.5 Å². The fraction of sp³-hybridized carbons (Fsp3) is 0.200. The molecule has 2 aromatic carbocycles. The SMILES string of the molecule is Cc1ccc(-c2nc(CCNC(=O)c3cccc(C(F)(F)F)c3)cs2)cc1. The molecule has 0 fully saturated rings. The van der Waals surface area contributed by atoms with Crippen LogP contribution in [0, 0.1) is 6.92 Å². The summed E-state index contributed by atoms with van der Waals surface area (Å²) in [6, 6.07) is 12.4. The third kappa shape index (κ3) is 4.95. The molecule has 0 aliphatic rings. The zero-order valence-corrected chi connectivity index (χ0v) is 15.3. The lowest BCUT2D eigenvalue weighted by molar-refractivity contribution is -0.137. The fourth-order valence-corrected chi connectivity index (χ4v) is 3.35. The maximum Gasteiger partial charge on any atom is 0.416 e. The van der Waals surface area contributed by atoms with Crippen LogP contribution < -0.4 is 5.32 Å². The van der Waals surface area contributed by atoms with Gasteiger partial charge in [-0.2, -0.15) is 13.2 Å². The smallest absolute Gasteiger partial charge is 0.352 e. The van der Waals surface area contributed by atoms with Crippen molar-refractivity contribution in [2.75, 3.05) is 6.54 Å². The summed E-state index contributed by atoms with van der Waals surface area (Å²) in [4.78, 5) is 16.6. The molecule has 1 N–H and O–H groups in total. The first kappa shape index (κ1) is 19.1. The molecule has 1 amide bonds. The van der Waals surface area contributed by atoms with E-state index in [0.29, 0.717) is 13.0 Å². The Morgan fingerprint density at radius 2 is 1.89 bits per heavy atom. The number of nitrogens with one attached hydrogen (secondary N) is 1. The molecule has 0 atom stereocenters. The van der Waals surface area contributed by atoms with Crippen LogP contribution in [0.4, 0.5) is 13.2 Å². The molecule has 1 heterocycles. The molecule has 0 aliphatic heterocycles. The van der Waals surface area contributed by atoms with Crippen LogP contribution in [0.2, 0.25) is 0 Å². The van der Waals surface area contributed by atoms with Gasteiger partial charge < -0.3 is 5.32 Å². The van der Waals surface area contributed by atoms with E-state index in [1.54, 1.807) is 0 Å². The van der Waals surface area contributed by atoms with E-state index < -0.39 is 17.6 Å². The molecule has 0 bridgehead atoms. The number of carbonyl (C=O) groups excluding carboxylic acids is 1. The number of rotatable bonds is 5. The molecule has 0 spiro atoms. The minimum Gasteiger partial charge on any atom is -0.352 e. The van der Waals surface area contributed by atoms with E-state index in [0.717, 1.165) is 28.4 Å². The van der Waals surface area contributed by atoms with Crippen molar-refractivity contribution in [2.24, 2.45) is 0 Å². The summed E-state index contributed by atoms with van der Waals surface area (Å²) >= 11 is 1.52. The van der Waals surface area contributed by atoms with E-state index >= 15 is 0 Å². The molecule has 7 heteroatoms. The summed E-state index contributed by atoms with van der Waals surface area (Å²) in [5.74, 6) is -0.532. The number of nitrogens with zero attached hydrogens (tertiary/aromatic N) is 1. The Kier molecular flexibility index (Phi) is 5.60. The van der Waals surface area contributed by atoms with Gasteiger partial charge in [0.05, 0.1) is 11.3 Å². The number of alkyl halides is 3. The standard InChI is InChI=1S/C20H17F3N2OS/c1-13-5-7-14(8-6-13)19-25-17(12-27-19)9-10-24-18(26)15-3-2-4-16(11-15)20(21,22)23/h2-8,11-12H,9-10H2,1H3,(H,24,26). The average molecular weight is 390 g/mol. The van der Waals surface area contributed by atoms with Gasteiger partial charge >= 0.3 is 6.18 Å². The van der Waals surface area contributed by atoms with Crippen molar-refractivity contribution in [3.05, 3.63) is 76.3 Å². The summed E-state index contributed by atoms with van der Waals surface area (Å²) in [5.41, 5.74) is 2.19. The molecule has 0 aliphatic carbocycles. The molecular weight excluding hydrogens is 373 g/mol. The van der Waals surface area contributed by atoms with Crippen molar-refractivity contribution in [1.29, 1.82) is 0 Å². The predicted molar refractivity (Wildman–Crippen MR) is 99.8 cm³/mol. The Labute approximate surface area is 158 Å². The molecule has 3 aromatic rings. The number of carbonyl (C=O) groups is 1. The van der Waals surface area contributed by atoms with Gasteiger partial charge in [-0.1, -0.05) is 35.9 Å². The normalized spacial score (nSPS) is 11.4. The topological polar surface area (TPSA) is 42.0 Å². The van der Waals surface area contributed by atoms with E-state index in [1.165, 1.54) is 29.0 Å². The second-order valence-corrected chi connectivity index (χ2v) is 6.95. The minimum absolute atomic E-state index is 0.0107. The van der Waals surface area contributed by atoms with E-state index in [9.17, 15) is 18.0 Å².